The van der Waals surface area contributed by atoms with Gasteiger partial charge in [-0.2, -0.15) is 10.4 Å². The number of rotatable bonds is 4. The molecule has 0 aliphatic rings. The lowest BCUT2D eigenvalue weighted by Crippen LogP contribution is -2.00. The second-order valence-electron chi connectivity index (χ2n) is 3.15. The minimum absolute atomic E-state index is 0.700. The van der Waals surface area contributed by atoms with Crippen molar-refractivity contribution >= 4 is 11.8 Å². The van der Waals surface area contributed by atoms with E-state index in [-0.39, 0.29) is 0 Å². The van der Waals surface area contributed by atoms with Crippen LogP contribution >= 0.6 is 11.8 Å². The third kappa shape index (κ3) is 2.84. The van der Waals surface area contributed by atoms with E-state index < -0.39 is 0 Å². The maximum absolute atomic E-state index is 8.76. The Morgan fingerprint density at radius 2 is 2.38 bits per heavy atom. The highest BCUT2D eigenvalue weighted by atomic mass is 32.2. The normalized spacial score (nSPS) is 9.94. The van der Waals surface area contributed by atoms with Crippen molar-refractivity contribution < 1.29 is 0 Å². The third-order valence-corrected chi connectivity index (χ3v) is 2.99. The Kier molecular flexibility index (Phi) is 3.57. The predicted octanol–water partition coefficient (Wildman–Crippen LogP) is 1.94. The van der Waals surface area contributed by atoms with Crippen molar-refractivity contribution in [1.29, 1.82) is 5.26 Å². The molecule has 0 unspecified atom stereocenters. The summed E-state index contributed by atoms with van der Waals surface area (Å²) in [5.74, 6) is 0.915. The minimum atomic E-state index is 0.700. The second kappa shape index (κ2) is 5.33. The summed E-state index contributed by atoms with van der Waals surface area (Å²) in [6, 6.07) is 9.74. The van der Waals surface area contributed by atoms with Gasteiger partial charge in [0.2, 0.25) is 0 Å². The average Bonchev–Trinajstić information content (AvgIpc) is 2.82. The SMILES string of the molecule is N#Cc1cccc(SCCn2cncn2)c1. The number of hydrogen-bond donors (Lipinski definition) is 0. The largest absolute Gasteiger partial charge is 0.252 e. The highest BCUT2D eigenvalue weighted by Crippen LogP contribution is 2.18. The Morgan fingerprint density at radius 1 is 1.44 bits per heavy atom. The van der Waals surface area contributed by atoms with Crippen molar-refractivity contribution in [3.63, 3.8) is 0 Å². The summed E-state index contributed by atoms with van der Waals surface area (Å²) in [4.78, 5) is 4.99. The number of aromatic nitrogens is 3. The van der Waals surface area contributed by atoms with Crippen molar-refractivity contribution in [3.05, 3.63) is 42.5 Å². The Balaban J connectivity index is 1.88. The van der Waals surface area contributed by atoms with E-state index in [1.165, 1.54) is 6.33 Å². The van der Waals surface area contributed by atoms with Crippen LogP contribution in [0.2, 0.25) is 0 Å². The maximum Gasteiger partial charge on any atom is 0.137 e. The van der Waals surface area contributed by atoms with E-state index in [1.54, 1.807) is 22.8 Å². The molecule has 1 heterocycles. The average molecular weight is 230 g/mol. The molecule has 0 bridgehead atoms. The fraction of sp³-hybridized carbons (Fsp3) is 0.182. The molecule has 2 aromatic rings. The molecule has 1 aromatic heterocycles. The van der Waals surface area contributed by atoms with Crippen molar-refractivity contribution in [2.45, 2.75) is 11.4 Å². The molecule has 5 heteroatoms. The summed E-state index contributed by atoms with van der Waals surface area (Å²) in [7, 11) is 0. The molecule has 1 aromatic carbocycles. The van der Waals surface area contributed by atoms with Gasteiger partial charge in [0.25, 0.3) is 0 Å². The number of benzene rings is 1. The van der Waals surface area contributed by atoms with Gasteiger partial charge in [-0.25, -0.2) is 4.98 Å². The smallest absolute Gasteiger partial charge is 0.137 e. The molecule has 0 saturated carbocycles. The number of nitriles is 1. The fourth-order valence-electron chi connectivity index (χ4n) is 1.26. The first-order valence-electron chi connectivity index (χ1n) is 4.84. The highest BCUT2D eigenvalue weighted by Gasteiger charge is 1.97. The van der Waals surface area contributed by atoms with Crippen LogP contribution in [0, 0.1) is 11.3 Å². The summed E-state index contributed by atoms with van der Waals surface area (Å²) in [6.45, 7) is 0.821. The molecule has 16 heavy (non-hydrogen) atoms. The first kappa shape index (κ1) is 10.7. The molecule has 0 atom stereocenters. The van der Waals surface area contributed by atoms with Crippen LogP contribution in [0.4, 0.5) is 0 Å². The van der Waals surface area contributed by atoms with Crippen LogP contribution in [0.25, 0.3) is 0 Å². The molecule has 4 nitrogen and oxygen atoms in total. The van der Waals surface area contributed by atoms with Crippen LogP contribution in [-0.4, -0.2) is 20.5 Å². The first-order chi connectivity index (χ1) is 7.88. The molecule has 0 aliphatic carbocycles. The van der Waals surface area contributed by atoms with Gasteiger partial charge in [-0.1, -0.05) is 6.07 Å². The molecule has 2 rings (SSSR count). The summed E-state index contributed by atoms with van der Waals surface area (Å²) >= 11 is 1.71. The Labute approximate surface area is 97.9 Å². The van der Waals surface area contributed by atoms with E-state index in [0.717, 1.165) is 17.2 Å². The zero-order chi connectivity index (χ0) is 11.2. The van der Waals surface area contributed by atoms with Crippen LogP contribution in [0.3, 0.4) is 0 Å². The van der Waals surface area contributed by atoms with Crippen LogP contribution < -0.4 is 0 Å². The van der Waals surface area contributed by atoms with Gasteiger partial charge in [-0.15, -0.1) is 11.8 Å². The lowest BCUT2D eigenvalue weighted by Gasteiger charge is -2.01. The zero-order valence-corrected chi connectivity index (χ0v) is 9.39. The number of hydrogen-bond acceptors (Lipinski definition) is 4. The van der Waals surface area contributed by atoms with Crippen LogP contribution in [-0.2, 0) is 6.54 Å². The predicted molar refractivity (Wildman–Crippen MR) is 61.9 cm³/mol. The molecule has 0 fully saturated rings. The lowest BCUT2D eigenvalue weighted by molar-refractivity contribution is 0.664. The van der Waals surface area contributed by atoms with Crippen molar-refractivity contribution in [3.8, 4) is 6.07 Å². The van der Waals surface area contributed by atoms with Gasteiger partial charge in [0.1, 0.15) is 12.7 Å². The molecule has 0 N–H and O–H groups in total. The van der Waals surface area contributed by atoms with E-state index in [9.17, 15) is 0 Å². The summed E-state index contributed by atoms with van der Waals surface area (Å²) in [5, 5.41) is 12.8. The second-order valence-corrected chi connectivity index (χ2v) is 4.31. The van der Waals surface area contributed by atoms with E-state index in [4.69, 9.17) is 5.26 Å². The van der Waals surface area contributed by atoms with Gasteiger partial charge in [-0.05, 0) is 18.2 Å². The van der Waals surface area contributed by atoms with Crippen molar-refractivity contribution in [1.82, 2.24) is 14.8 Å². The standard InChI is InChI=1S/C11H10N4S/c12-7-10-2-1-3-11(6-10)16-5-4-15-9-13-8-14-15/h1-3,6,8-9H,4-5H2. The van der Waals surface area contributed by atoms with Crippen molar-refractivity contribution in [2.24, 2.45) is 0 Å². The quantitative estimate of drug-likeness (QED) is 0.753. The topological polar surface area (TPSA) is 54.5 Å². The molecule has 0 saturated heterocycles. The van der Waals surface area contributed by atoms with Gasteiger partial charge in [0, 0.05) is 10.6 Å². The van der Waals surface area contributed by atoms with Gasteiger partial charge < -0.3 is 0 Å². The van der Waals surface area contributed by atoms with Crippen LogP contribution in [0.5, 0.6) is 0 Å². The van der Waals surface area contributed by atoms with Crippen molar-refractivity contribution in [2.75, 3.05) is 5.75 Å². The van der Waals surface area contributed by atoms with Gasteiger partial charge >= 0.3 is 0 Å². The van der Waals surface area contributed by atoms with E-state index in [0.29, 0.717) is 5.56 Å². The van der Waals surface area contributed by atoms with Crippen LogP contribution in [0.1, 0.15) is 5.56 Å². The molecule has 0 spiro atoms. The first-order valence-corrected chi connectivity index (χ1v) is 5.82. The Morgan fingerprint density at radius 3 is 3.12 bits per heavy atom. The van der Waals surface area contributed by atoms with E-state index >= 15 is 0 Å². The highest BCUT2D eigenvalue weighted by molar-refractivity contribution is 7.99. The Bertz CT molecular complexity index is 487. The van der Waals surface area contributed by atoms with Gasteiger partial charge in [-0.3, -0.25) is 4.68 Å². The third-order valence-electron chi connectivity index (χ3n) is 2.02. The molecular formula is C11H10N4S. The molecule has 0 amide bonds. The maximum atomic E-state index is 8.76. The molecule has 0 radical (unpaired) electrons. The zero-order valence-electron chi connectivity index (χ0n) is 8.58. The number of nitrogens with zero attached hydrogens (tertiary/aromatic N) is 4. The number of thioether (sulfide) groups is 1. The summed E-state index contributed by atoms with van der Waals surface area (Å²) in [5.41, 5.74) is 0.700. The van der Waals surface area contributed by atoms with E-state index in [1.807, 2.05) is 24.3 Å². The Hall–Kier alpha value is -1.80. The van der Waals surface area contributed by atoms with Crippen LogP contribution in [0.15, 0.2) is 41.8 Å². The number of aryl methyl sites for hydroxylation is 1. The molecule has 0 aliphatic heterocycles. The minimum Gasteiger partial charge on any atom is -0.252 e. The summed E-state index contributed by atoms with van der Waals surface area (Å²) < 4.78 is 1.79. The molecular weight excluding hydrogens is 220 g/mol. The lowest BCUT2D eigenvalue weighted by atomic mass is 10.2. The van der Waals surface area contributed by atoms with Gasteiger partial charge in [0.15, 0.2) is 0 Å². The molecule has 80 valence electrons. The van der Waals surface area contributed by atoms with E-state index in [2.05, 4.69) is 16.2 Å². The monoisotopic (exact) mass is 230 g/mol. The van der Waals surface area contributed by atoms with Gasteiger partial charge in [0.05, 0.1) is 18.2 Å². The summed E-state index contributed by atoms with van der Waals surface area (Å²) in [6.07, 6.45) is 3.23. The fourth-order valence-corrected chi connectivity index (χ4v) is 2.16.